The molecule has 0 aliphatic heterocycles. The Morgan fingerprint density at radius 1 is 1.18 bits per heavy atom. The zero-order valence-corrected chi connectivity index (χ0v) is 20.7. The molecule has 1 aromatic carbocycles. The molecular formula is C27H27N3O8. The highest BCUT2D eigenvalue weighted by Gasteiger charge is 2.64. The minimum atomic E-state index is -2.68. The van der Waals surface area contributed by atoms with Crippen LogP contribution < -0.4 is 5.73 Å². The van der Waals surface area contributed by atoms with Crippen LogP contribution >= 0.6 is 0 Å². The maximum Gasteiger partial charge on any atom is 0.255 e. The summed E-state index contributed by atoms with van der Waals surface area (Å²) in [5.74, 6) is -6.98. The molecule has 1 saturated carbocycles. The number of aliphatic hydroxyl groups excluding tert-OH is 3. The van der Waals surface area contributed by atoms with Gasteiger partial charge in [0.05, 0.1) is 18.2 Å². The fourth-order valence-electron chi connectivity index (χ4n) is 6.24. The molecule has 1 heterocycles. The molecule has 0 spiro atoms. The molecule has 2 aromatic rings. The average molecular weight is 522 g/mol. The third-order valence-corrected chi connectivity index (χ3v) is 7.89. The molecule has 0 saturated heterocycles. The minimum absolute atomic E-state index is 0.00418. The van der Waals surface area contributed by atoms with Gasteiger partial charge in [-0.15, -0.1) is 0 Å². The number of aromatic hydroxyl groups is 1. The van der Waals surface area contributed by atoms with E-state index in [0.29, 0.717) is 22.3 Å². The Morgan fingerprint density at radius 2 is 1.89 bits per heavy atom. The number of nitrogens with zero attached hydrogens (tertiary/aromatic N) is 2. The normalized spacial score (nSPS) is 26.8. The number of aromatic nitrogens is 1. The number of amides is 1. The Balaban J connectivity index is 1.73. The summed E-state index contributed by atoms with van der Waals surface area (Å²) in [6, 6.07) is 3.57. The van der Waals surface area contributed by atoms with E-state index < -0.39 is 58.0 Å². The van der Waals surface area contributed by atoms with Crippen molar-refractivity contribution < 1.29 is 39.9 Å². The topological polar surface area (TPSA) is 195 Å². The summed E-state index contributed by atoms with van der Waals surface area (Å²) < 4.78 is 0. The van der Waals surface area contributed by atoms with Gasteiger partial charge in [0.1, 0.15) is 22.8 Å². The van der Waals surface area contributed by atoms with E-state index >= 15 is 0 Å². The Kier molecular flexibility index (Phi) is 5.90. The molecule has 1 aromatic heterocycles. The van der Waals surface area contributed by atoms with Crippen molar-refractivity contribution in [3.05, 3.63) is 64.2 Å². The van der Waals surface area contributed by atoms with Crippen molar-refractivity contribution in [2.75, 3.05) is 14.1 Å². The van der Waals surface area contributed by atoms with E-state index in [1.54, 1.807) is 32.4 Å². The number of benzene rings is 1. The lowest BCUT2D eigenvalue weighted by molar-refractivity contribution is -0.153. The number of aliphatic hydroxyl groups is 4. The first-order chi connectivity index (χ1) is 17.9. The van der Waals surface area contributed by atoms with Gasteiger partial charge in [0.15, 0.2) is 11.4 Å². The van der Waals surface area contributed by atoms with Crippen molar-refractivity contribution >= 4 is 23.2 Å². The monoisotopic (exact) mass is 521 g/mol. The molecule has 1 amide bonds. The second-order valence-electron chi connectivity index (χ2n) is 10.2. The maximum atomic E-state index is 13.9. The van der Waals surface area contributed by atoms with E-state index in [1.807, 2.05) is 0 Å². The van der Waals surface area contributed by atoms with E-state index in [4.69, 9.17) is 5.73 Å². The van der Waals surface area contributed by atoms with Gasteiger partial charge in [-0.05, 0) is 61.7 Å². The van der Waals surface area contributed by atoms with Gasteiger partial charge in [0.2, 0.25) is 5.78 Å². The van der Waals surface area contributed by atoms with Gasteiger partial charge in [0.25, 0.3) is 5.91 Å². The van der Waals surface area contributed by atoms with Crippen molar-refractivity contribution in [1.29, 1.82) is 0 Å². The highest BCUT2D eigenvalue weighted by molar-refractivity contribution is 6.24. The van der Waals surface area contributed by atoms with E-state index in [1.165, 1.54) is 17.2 Å². The lowest BCUT2D eigenvalue weighted by Gasteiger charge is -2.50. The first kappa shape index (κ1) is 25.6. The lowest BCUT2D eigenvalue weighted by atomic mass is 9.57. The van der Waals surface area contributed by atoms with E-state index in [2.05, 4.69) is 4.98 Å². The third-order valence-electron chi connectivity index (χ3n) is 7.89. The van der Waals surface area contributed by atoms with Crippen molar-refractivity contribution in [2.24, 2.45) is 17.6 Å². The Hall–Kier alpha value is -4.06. The molecule has 5 rings (SSSR count). The molecule has 0 bridgehead atoms. The molecule has 7 N–H and O–H groups in total. The first-order valence-corrected chi connectivity index (χ1v) is 12.0. The minimum Gasteiger partial charge on any atom is -0.508 e. The van der Waals surface area contributed by atoms with Gasteiger partial charge < -0.3 is 31.3 Å². The number of pyridine rings is 1. The summed E-state index contributed by atoms with van der Waals surface area (Å²) in [6.45, 7) is -0.238. The largest absolute Gasteiger partial charge is 0.508 e. The van der Waals surface area contributed by atoms with Crippen LogP contribution in [0.4, 0.5) is 0 Å². The molecule has 38 heavy (non-hydrogen) atoms. The molecule has 1 fully saturated rings. The zero-order valence-electron chi connectivity index (χ0n) is 20.7. The molecule has 11 nitrogen and oxygen atoms in total. The zero-order chi connectivity index (χ0) is 27.7. The molecular weight excluding hydrogens is 494 g/mol. The van der Waals surface area contributed by atoms with Gasteiger partial charge in [-0.2, -0.15) is 0 Å². The number of rotatable bonds is 4. The highest BCUT2D eigenvalue weighted by Crippen LogP contribution is 2.53. The van der Waals surface area contributed by atoms with Crippen LogP contribution in [0.25, 0.3) is 16.9 Å². The number of carbonyl (C=O) groups is 3. The number of likely N-dealkylation sites (N-methyl/N-ethyl adjacent to an activating group) is 1. The van der Waals surface area contributed by atoms with E-state index in [9.17, 15) is 39.9 Å². The standard InChI is InChI=1S/C27H27N3O8/c1-30(2)21-16-7-12-6-15-14(13-5-11(10-31)8-29-9-13)3-4-17(32)19(15)22(33)18(12)24(35)27(16,38)25(36)20(23(21)34)26(28)37/h3-5,8-9,12,16,21,31-33,36,38H,6-7,10H2,1-2H3,(H2,28,37)/t12-,16-,21-,27-/m0/s1. The number of nitrogens with two attached hydrogens (primary N) is 1. The molecule has 4 atom stereocenters. The van der Waals surface area contributed by atoms with Gasteiger partial charge >= 0.3 is 0 Å². The molecule has 11 heteroatoms. The number of ketones is 2. The summed E-state index contributed by atoms with van der Waals surface area (Å²) in [5, 5.41) is 54.1. The van der Waals surface area contributed by atoms with Crippen LogP contribution in [-0.4, -0.2) is 78.6 Å². The van der Waals surface area contributed by atoms with Gasteiger partial charge in [-0.1, -0.05) is 6.07 Å². The van der Waals surface area contributed by atoms with Gasteiger partial charge in [-0.25, -0.2) is 0 Å². The number of hydrogen-bond donors (Lipinski definition) is 6. The van der Waals surface area contributed by atoms with E-state index in [-0.39, 0.29) is 36.3 Å². The fourth-order valence-corrected chi connectivity index (χ4v) is 6.24. The van der Waals surface area contributed by atoms with Gasteiger partial charge in [-0.3, -0.25) is 24.3 Å². The summed E-state index contributed by atoms with van der Waals surface area (Å²) >= 11 is 0. The van der Waals surface area contributed by atoms with Crippen LogP contribution in [0, 0.1) is 11.8 Å². The van der Waals surface area contributed by atoms with Crippen LogP contribution in [0.1, 0.15) is 23.1 Å². The average Bonchev–Trinajstić information content (AvgIpc) is 2.86. The molecule has 3 aliphatic carbocycles. The number of phenols is 1. The van der Waals surface area contributed by atoms with Crippen molar-refractivity contribution in [1.82, 2.24) is 9.88 Å². The summed E-state index contributed by atoms with van der Waals surface area (Å²) in [5.41, 5.74) is 3.89. The molecule has 0 radical (unpaired) electrons. The number of Topliss-reactive ketones (excluding diaryl/α,β-unsaturated/α-hetero) is 2. The maximum absolute atomic E-state index is 13.9. The number of phenolic OH excluding ortho intramolecular Hbond substituents is 1. The Bertz CT molecular complexity index is 1480. The molecule has 198 valence electrons. The summed E-state index contributed by atoms with van der Waals surface area (Å²) in [7, 11) is 3.09. The fraction of sp³-hybridized carbons (Fsp3) is 0.333. The van der Waals surface area contributed by atoms with Crippen LogP contribution in [0.3, 0.4) is 0 Å². The Labute approximate surface area is 217 Å². The number of carbonyl (C=O) groups excluding carboxylic acids is 3. The second kappa shape index (κ2) is 8.76. The van der Waals surface area contributed by atoms with E-state index in [0.717, 1.165) is 0 Å². The van der Waals surface area contributed by atoms with Crippen LogP contribution in [0.15, 0.2) is 47.5 Å². The molecule has 0 unspecified atom stereocenters. The number of hydrogen-bond acceptors (Lipinski definition) is 10. The van der Waals surface area contributed by atoms with Gasteiger partial charge in [0, 0.05) is 29.4 Å². The summed E-state index contributed by atoms with van der Waals surface area (Å²) in [6.07, 6.45) is 3.23. The quantitative estimate of drug-likeness (QED) is 0.309. The van der Waals surface area contributed by atoms with Crippen molar-refractivity contribution in [3.63, 3.8) is 0 Å². The second-order valence-corrected chi connectivity index (χ2v) is 10.2. The SMILES string of the molecule is CN(C)[C@@H]1C(=O)C(C(N)=O)=C(O)[C@@]2(O)C(=O)C3=C(O)c4c(O)ccc(-c5cncc(CO)c5)c4C[C@H]3C[C@@H]12. The number of fused-ring (bicyclic) bond motifs is 3. The smallest absolute Gasteiger partial charge is 0.255 e. The van der Waals surface area contributed by atoms with Crippen LogP contribution in [-0.2, 0) is 27.4 Å². The van der Waals surface area contributed by atoms with Crippen molar-refractivity contribution in [2.45, 2.75) is 31.1 Å². The highest BCUT2D eigenvalue weighted by atomic mass is 16.3. The first-order valence-electron chi connectivity index (χ1n) is 12.0. The predicted octanol–water partition coefficient (Wildman–Crippen LogP) is 0.518. The Morgan fingerprint density at radius 3 is 2.53 bits per heavy atom. The van der Waals surface area contributed by atoms with Crippen LogP contribution in [0.5, 0.6) is 5.75 Å². The predicted molar refractivity (Wildman–Crippen MR) is 133 cm³/mol. The molecule has 3 aliphatic rings. The van der Waals surface area contributed by atoms with Crippen molar-refractivity contribution in [3.8, 4) is 16.9 Å². The third kappa shape index (κ3) is 3.39. The summed E-state index contributed by atoms with van der Waals surface area (Å²) in [4.78, 5) is 44.7. The lowest BCUT2D eigenvalue weighted by Crippen LogP contribution is -2.65. The number of primary amides is 1. The van der Waals surface area contributed by atoms with Crippen LogP contribution in [0.2, 0.25) is 0 Å².